The van der Waals surface area contributed by atoms with Gasteiger partial charge in [-0.1, -0.05) is 44.2 Å². The van der Waals surface area contributed by atoms with Gasteiger partial charge in [0, 0.05) is 32.1 Å². The quantitative estimate of drug-likeness (QED) is 0.298. The van der Waals surface area contributed by atoms with Crippen molar-refractivity contribution in [2.24, 2.45) is 16.8 Å². The zero-order valence-electron chi connectivity index (χ0n) is 16.3. The summed E-state index contributed by atoms with van der Waals surface area (Å²) in [6.45, 7) is 9.43. The van der Waals surface area contributed by atoms with Crippen LogP contribution in [0.1, 0.15) is 38.7 Å². The number of benzene rings is 1. The van der Waals surface area contributed by atoms with Crippen LogP contribution in [0.4, 0.5) is 0 Å². The van der Waals surface area contributed by atoms with Gasteiger partial charge in [0.15, 0.2) is 5.96 Å². The fourth-order valence-electron chi connectivity index (χ4n) is 3.42. The van der Waals surface area contributed by atoms with E-state index in [1.807, 2.05) is 6.07 Å². The number of hydrogen-bond acceptors (Lipinski definition) is 3. The van der Waals surface area contributed by atoms with Crippen LogP contribution in [0.25, 0.3) is 0 Å². The largest absolute Gasteiger partial charge is 0.469 e. The standard InChI is InChI=1S/C20H31N3O2.HI/c1-5-16(17-10-8-7-9-11-17)12-22-20(21-6-2)23-13-15(3)18(14-23)19(24)25-4;/h7-11,15-16,18H,5-6,12-14H2,1-4H3,(H,21,22);1H. The zero-order chi connectivity index (χ0) is 18.2. The summed E-state index contributed by atoms with van der Waals surface area (Å²) in [4.78, 5) is 19.0. The first-order chi connectivity index (χ1) is 12.1. The lowest BCUT2D eigenvalue weighted by Gasteiger charge is -2.22. The van der Waals surface area contributed by atoms with Gasteiger partial charge in [-0.25, -0.2) is 0 Å². The second-order valence-corrected chi connectivity index (χ2v) is 6.72. The molecular formula is C20H32IN3O2. The van der Waals surface area contributed by atoms with E-state index in [1.165, 1.54) is 12.7 Å². The number of halogens is 1. The fourth-order valence-corrected chi connectivity index (χ4v) is 3.42. The van der Waals surface area contributed by atoms with E-state index in [4.69, 9.17) is 9.73 Å². The zero-order valence-corrected chi connectivity index (χ0v) is 18.6. The van der Waals surface area contributed by atoms with Gasteiger partial charge in [-0.2, -0.15) is 0 Å². The van der Waals surface area contributed by atoms with Crippen molar-refractivity contribution in [2.75, 3.05) is 33.3 Å². The number of likely N-dealkylation sites (tertiary alicyclic amines) is 1. The molecule has 2 rings (SSSR count). The first-order valence-electron chi connectivity index (χ1n) is 9.26. The van der Waals surface area contributed by atoms with Gasteiger partial charge in [0.25, 0.3) is 0 Å². The lowest BCUT2D eigenvalue weighted by atomic mass is 9.97. The maximum Gasteiger partial charge on any atom is 0.310 e. The monoisotopic (exact) mass is 473 g/mol. The molecule has 0 saturated carbocycles. The smallest absolute Gasteiger partial charge is 0.310 e. The predicted molar refractivity (Wildman–Crippen MR) is 117 cm³/mol. The number of esters is 1. The van der Waals surface area contributed by atoms with Gasteiger partial charge in [-0.05, 0) is 24.8 Å². The number of carbonyl (C=O) groups is 1. The molecule has 1 heterocycles. The number of aliphatic imine (C=N–C) groups is 1. The molecule has 1 aliphatic heterocycles. The average molecular weight is 473 g/mol. The molecule has 3 unspecified atom stereocenters. The van der Waals surface area contributed by atoms with E-state index >= 15 is 0 Å². The summed E-state index contributed by atoms with van der Waals surface area (Å²) in [6, 6.07) is 10.5. The van der Waals surface area contributed by atoms with Crippen molar-refractivity contribution in [3.63, 3.8) is 0 Å². The lowest BCUT2D eigenvalue weighted by molar-refractivity contribution is -0.145. The van der Waals surface area contributed by atoms with Crippen LogP contribution in [-0.4, -0.2) is 50.1 Å². The minimum atomic E-state index is -0.124. The molecule has 146 valence electrons. The molecule has 0 aliphatic carbocycles. The van der Waals surface area contributed by atoms with Gasteiger partial charge in [0.1, 0.15) is 0 Å². The number of methoxy groups -OCH3 is 1. The Hall–Kier alpha value is -1.31. The highest BCUT2D eigenvalue weighted by molar-refractivity contribution is 14.0. The van der Waals surface area contributed by atoms with Crippen molar-refractivity contribution in [1.82, 2.24) is 10.2 Å². The predicted octanol–water partition coefficient (Wildman–Crippen LogP) is 3.50. The van der Waals surface area contributed by atoms with Crippen molar-refractivity contribution >= 4 is 35.9 Å². The number of guanidine groups is 1. The van der Waals surface area contributed by atoms with Crippen LogP contribution in [0.15, 0.2) is 35.3 Å². The van der Waals surface area contributed by atoms with Crippen LogP contribution in [0, 0.1) is 11.8 Å². The Labute approximate surface area is 174 Å². The summed E-state index contributed by atoms with van der Waals surface area (Å²) in [5, 5.41) is 3.38. The number of ether oxygens (including phenoxy) is 1. The maximum atomic E-state index is 11.9. The highest BCUT2D eigenvalue weighted by Crippen LogP contribution is 2.25. The summed E-state index contributed by atoms with van der Waals surface area (Å²) < 4.78 is 4.94. The van der Waals surface area contributed by atoms with Crippen LogP contribution in [0.5, 0.6) is 0 Å². The van der Waals surface area contributed by atoms with E-state index in [1.54, 1.807) is 0 Å². The van der Waals surface area contributed by atoms with Crippen LogP contribution in [0.3, 0.4) is 0 Å². The lowest BCUT2D eigenvalue weighted by Crippen LogP contribution is -2.41. The molecule has 0 amide bonds. The van der Waals surface area contributed by atoms with Crippen LogP contribution < -0.4 is 5.32 Å². The van der Waals surface area contributed by atoms with E-state index < -0.39 is 0 Å². The van der Waals surface area contributed by atoms with E-state index in [2.05, 4.69) is 55.3 Å². The molecule has 1 aliphatic rings. The molecular weight excluding hydrogens is 441 g/mol. The highest BCUT2D eigenvalue weighted by Gasteiger charge is 2.36. The Morgan fingerprint density at radius 2 is 2.00 bits per heavy atom. The molecule has 3 atom stereocenters. The van der Waals surface area contributed by atoms with Crippen LogP contribution >= 0.6 is 24.0 Å². The summed E-state index contributed by atoms with van der Waals surface area (Å²) in [6.07, 6.45) is 1.05. The molecule has 1 fully saturated rings. The van der Waals surface area contributed by atoms with Gasteiger partial charge in [-0.15, -0.1) is 24.0 Å². The third kappa shape index (κ3) is 5.86. The summed E-state index contributed by atoms with van der Waals surface area (Å²) in [7, 11) is 1.46. The van der Waals surface area contributed by atoms with Crippen LogP contribution in [-0.2, 0) is 9.53 Å². The molecule has 26 heavy (non-hydrogen) atoms. The SMILES string of the molecule is CCNC(=NCC(CC)c1ccccc1)N1CC(C)C(C(=O)OC)C1.I. The molecule has 6 heteroatoms. The number of rotatable bonds is 6. The molecule has 1 N–H and O–H groups in total. The Balaban J connectivity index is 0.00000338. The second-order valence-electron chi connectivity index (χ2n) is 6.72. The van der Waals surface area contributed by atoms with Gasteiger partial charge in [-0.3, -0.25) is 9.79 Å². The Morgan fingerprint density at radius 3 is 2.58 bits per heavy atom. The summed E-state index contributed by atoms with van der Waals surface area (Å²) in [5.74, 6) is 1.38. The van der Waals surface area contributed by atoms with Crippen molar-refractivity contribution in [3.8, 4) is 0 Å². The van der Waals surface area contributed by atoms with Gasteiger partial charge >= 0.3 is 5.97 Å². The van der Waals surface area contributed by atoms with Crippen molar-refractivity contribution in [2.45, 2.75) is 33.1 Å². The number of carbonyl (C=O) groups excluding carboxylic acids is 1. The molecule has 1 saturated heterocycles. The molecule has 1 aromatic rings. The Kier molecular flexibility index (Phi) is 9.98. The number of hydrogen-bond donors (Lipinski definition) is 1. The first-order valence-corrected chi connectivity index (χ1v) is 9.26. The van der Waals surface area contributed by atoms with E-state index in [9.17, 15) is 4.79 Å². The molecule has 0 bridgehead atoms. The van der Waals surface area contributed by atoms with Gasteiger partial charge in [0.2, 0.25) is 0 Å². The Morgan fingerprint density at radius 1 is 1.31 bits per heavy atom. The molecule has 0 spiro atoms. The fraction of sp³-hybridized carbons (Fsp3) is 0.600. The molecule has 1 aromatic carbocycles. The van der Waals surface area contributed by atoms with Gasteiger partial charge in [0.05, 0.1) is 13.0 Å². The maximum absolute atomic E-state index is 11.9. The van der Waals surface area contributed by atoms with E-state index in [-0.39, 0.29) is 41.8 Å². The third-order valence-corrected chi connectivity index (χ3v) is 4.98. The molecule has 0 aromatic heterocycles. The minimum Gasteiger partial charge on any atom is -0.469 e. The number of nitrogens with one attached hydrogen (secondary N) is 1. The first kappa shape index (κ1) is 22.7. The molecule has 0 radical (unpaired) electrons. The van der Waals surface area contributed by atoms with Crippen molar-refractivity contribution in [3.05, 3.63) is 35.9 Å². The third-order valence-electron chi connectivity index (χ3n) is 4.98. The second kappa shape index (κ2) is 11.4. The number of nitrogens with zero attached hydrogens (tertiary/aromatic N) is 2. The summed E-state index contributed by atoms with van der Waals surface area (Å²) >= 11 is 0. The van der Waals surface area contributed by atoms with Crippen LogP contribution in [0.2, 0.25) is 0 Å². The molecule has 5 nitrogen and oxygen atoms in total. The van der Waals surface area contributed by atoms with Gasteiger partial charge < -0.3 is 15.0 Å². The normalized spacial score (nSPS) is 21.1. The van der Waals surface area contributed by atoms with Crippen molar-refractivity contribution < 1.29 is 9.53 Å². The Bertz CT molecular complexity index is 580. The van der Waals surface area contributed by atoms with E-state index in [0.29, 0.717) is 12.5 Å². The average Bonchev–Trinajstić information content (AvgIpc) is 3.03. The minimum absolute atomic E-state index is 0. The summed E-state index contributed by atoms with van der Waals surface area (Å²) in [5.41, 5.74) is 1.33. The van der Waals surface area contributed by atoms with Crippen molar-refractivity contribution in [1.29, 1.82) is 0 Å². The van der Waals surface area contributed by atoms with E-state index in [0.717, 1.165) is 32.0 Å². The highest BCUT2D eigenvalue weighted by atomic mass is 127. The topological polar surface area (TPSA) is 53.9 Å².